The van der Waals surface area contributed by atoms with Gasteiger partial charge in [-0.05, 0) is 49.1 Å². The molecule has 2 aliphatic heterocycles. The predicted octanol–water partition coefficient (Wildman–Crippen LogP) is 2.70. The van der Waals surface area contributed by atoms with Gasteiger partial charge in [0.1, 0.15) is 17.6 Å². The third-order valence-electron chi connectivity index (χ3n) is 6.47. The van der Waals surface area contributed by atoms with Gasteiger partial charge >= 0.3 is 0 Å². The van der Waals surface area contributed by atoms with Crippen LogP contribution in [-0.2, 0) is 4.79 Å². The number of anilines is 1. The number of hydrogen-bond donors (Lipinski definition) is 1. The van der Waals surface area contributed by atoms with Crippen molar-refractivity contribution in [2.75, 3.05) is 31.7 Å². The average Bonchev–Trinajstić information content (AvgIpc) is 3.08. The Balaban J connectivity index is 1.36. The lowest BCUT2D eigenvalue weighted by atomic mass is 9.94. The number of nitrogens with zero attached hydrogens (tertiary/aromatic N) is 4. The highest BCUT2D eigenvalue weighted by molar-refractivity contribution is 5.77. The van der Waals surface area contributed by atoms with Crippen molar-refractivity contribution in [1.82, 2.24) is 9.88 Å². The molecule has 0 radical (unpaired) electrons. The topological polar surface area (TPSA) is 89.7 Å². The lowest BCUT2D eigenvalue weighted by molar-refractivity contribution is -0.132. The maximum Gasteiger partial charge on any atom is 0.222 e. The number of ether oxygens (including phenoxy) is 1. The molecule has 0 aliphatic carbocycles. The number of rotatable bonds is 7. The first-order valence-electron chi connectivity index (χ1n) is 10.8. The second-order valence-corrected chi connectivity index (χ2v) is 8.30. The fourth-order valence-corrected chi connectivity index (χ4v) is 4.80. The number of methoxy groups -OCH3 is 1. The SMILES string of the molecule is COc1cccc([C@@H](CO)CCC(=O)N2CC3CCC(C2)N3c2ccc(C#N)cn2)c1. The smallest absolute Gasteiger partial charge is 0.222 e. The minimum Gasteiger partial charge on any atom is -0.497 e. The van der Waals surface area contributed by atoms with E-state index in [0.29, 0.717) is 31.5 Å². The molecule has 3 heterocycles. The zero-order chi connectivity index (χ0) is 21.8. The number of aromatic nitrogens is 1. The van der Waals surface area contributed by atoms with Crippen LogP contribution >= 0.6 is 0 Å². The van der Waals surface area contributed by atoms with Gasteiger partial charge in [-0.25, -0.2) is 4.98 Å². The molecule has 2 aliphatic rings. The highest BCUT2D eigenvalue weighted by atomic mass is 16.5. The number of aliphatic hydroxyl groups is 1. The Bertz CT molecular complexity index is 942. The van der Waals surface area contributed by atoms with E-state index in [1.54, 1.807) is 19.4 Å². The maximum atomic E-state index is 13.0. The molecule has 3 atom stereocenters. The zero-order valence-corrected chi connectivity index (χ0v) is 17.8. The van der Waals surface area contributed by atoms with Crippen LogP contribution in [0.15, 0.2) is 42.6 Å². The number of carbonyl (C=O) groups is 1. The van der Waals surface area contributed by atoms with E-state index < -0.39 is 0 Å². The van der Waals surface area contributed by atoms with Crippen molar-refractivity contribution in [1.29, 1.82) is 5.26 Å². The highest BCUT2D eigenvalue weighted by Crippen LogP contribution is 2.34. The molecule has 2 unspecified atom stereocenters. The number of carbonyl (C=O) groups excluding carboxylic acids is 1. The van der Waals surface area contributed by atoms with Gasteiger partial charge in [0.2, 0.25) is 5.91 Å². The Labute approximate surface area is 182 Å². The molecule has 1 N–H and O–H groups in total. The van der Waals surface area contributed by atoms with Crippen molar-refractivity contribution in [2.45, 2.75) is 43.7 Å². The number of piperazine rings is 1. The first-order valence-corrected chi connectivity index (χ1v) is 10.8. The Morgan fingerprint density at radius 1 is 1.29 bits per heavy atom. The van der Waals surface area contributed by atoms with Crippen LogP contribution in [0, 0.1) is 11.3 Å². The fourth-order valence-electron chi connectivity index (χ4n) is 4.80. The summed E-state index contributed by atoms with van der Waals surface area (Å²) < 4.78 is 5.28. The summed E-state index contributed by atoms with van der Waals surface area (Å²) in [5, 5.41) is 18.8. The number of fused-ring (bicyclic) bond motifs is 2. The van der Waals surface area contributed by atoms with Gasteiger partial charge in [0, 0.05) is 50.3 Å². The standard InChI is InChI=1S/C24H28N4O3/c1-31-22-4-2-3-18(11-22)19(16-29)6-10-24(30)27-14-20-7-8-21(15-27)28(20)23-9-5-17(12-25)13-26-23/h2-5,9,11,13,19-21,29H,6-8,10,14-16H2,1H3/t19-,20?,21?/m1/s1. The van der Waals surface area contributed by atoms with Crippen molar-refractivity contribution in [2.24, 2.45) is 0 Å². The summed E-state index contributed by atoms with van der Waals surface area (Å²) in [5.41, 5.74) is 1.55. The summed E-state index contributed by atoms with van der Waals surface area (Å²) in [6.45, 7) is 1.39. The number of amides is 1. The van der Waals surface area contributed by atoms with Crippen LogP contribution in [0.4, 0.5) is 5.82 Å². The van der Waals surface area contributed by atoms with E-state index in [9.17, 15) is 9.90 Å². The van der Waals surface area contributed by atoms with Gasteiger partial charge in [0.15, 0.2) is 0 Å². The van der Waals surface area contributed by atoms with E-state index in [1.165, 1.54) is 0 Å². The summed E-state index contributed by atoms with van der Waals surface area (Å²) in [6.07, 6.45) is 4.71. The summed E-state index contributed by atoms with van der Waals surface area (Å²) in [4.78, 5) is 21.7. The van der Waals surface area contributed by atoms with Gasteiger partial charge in [-0.3, -0.25) is 4.79 Å². The molecule has 0 saturated carbocycles. The lowest BCUT2D eigenvalue weighted by Crippen LogP contribution is -2.55. The van der Waals surface area contributed by atoms with Crippen molar-refractivity contribution >= 4 is 11.7 Å². The van der Waals surface area contributed by atoms with Gasteiger partial charge in [-0.1, -0.05) is 12.1 Å². The molecular formula is C24H28N4O3. The molecule has 31 heavy (non-hydrogen) atoms. The van der Waals surface area contributed by atoms with Crippen molar-refractivity contribution in [3.8, 4) is 11.8 Å². The molecule has 2 aromatic rings. The van der Waals surface area contributed by atoms with E-state index in [4.69, 9.17) is 10.00 Å². The molecular weight excluding hydrogens is 392 g/mol. The zero-order valence-electron chi connectivity index (χ0n) is 17.8. The van der Waals surface area contributed by atoms with E-state index >= 15 is 0 Å². The van der Waals surface area contributed by atoms with Crippen molar-refractivity contribution < 1.29 is 14.6 Å². The summed E-state index contributed by atoms with van der Waals surface area (Å²) >= 11 is 0. The molecule has 1 aromatic heterocycles. The fraction of sp³-hybridized carbons (Fsp3) is 0.458. The minimum absolute atomic E-state index is 0.00381. The summed E-state index contributed by atoms with van der Waals surface area (Å²) in [7, 11) is 1.62. The van der Waals surface area contributed by atoms with Crippen LogP contribution in [-0.4, -0.2) is 59.8 Å². The van der Waals surface area contributed by atoms with Gasteiger partial charge in [-0.15, -0.1) is 0 Å². The highest BCUT2D eigenvalue weighted by Gasteiger charge is 2.41. The van der Waals surface area contributed by atoms with Crippen LogP contribution in [0.1, 0.15) is 42.7 Å². The Morgan fingerprint density at radius 2 is 2.06 bits per heavy atom. The summed E-state index contributed by atoms with van der Waals surface area (Å²) in [5.74, 6) is 1.70. The molecule has 1 amide bonds. The van der Waals surface area contributed by atoms with Crippen LogP contribution in [0.5, 0.6) is 5.75 Å². The quantitative estimate of drug-likeness (QED) is 0.741. The van der Waals surface area contributed by atoms with Crippen LogP contribution in [0.3, 0.4) is 0 Å². The van der Waals surface area contributed by atoms with E-state index in [0.717, 1.165) is 30.0 Å². The number of pyridine rings is 1. The molecule has 4 rings (SSSR count). The normalized spacial score (nSPS) is 20.9. The third-order valence-corrected chi connectivity index (χ3v) is 6.47. The molecule has 7 nitrogen and oxygen atoms in total. The summed E-state index contributed by atoms with van der Waals surface area (Å²) in [6, 6.07) is 14.0. The lowest BCUT2D eigenvalue weighted by Gasteiger charge is -2.42. The second-order valence-electron chi connectivity index (χ2n) is 8.30. The Hall–Kier alpha value is -3.11. The molecule has 162 valence electrons. The molecule has 2 fully saturated rings. The molecule has 7 heteroatoms. The number of benzene rings is 1. The second kappa shape index (κ2) is 9.36. The van der Waals surface area contributed by atoms with Crippen molar-refractivity contribution in [3.63, 3.8) is 0 Å². The number of nitriles is 1. The first kappa shape index (κ1) is 21.1. The van der Waals surface area contributed by atoms with Gasteiger partial charge in [-0.2, -0.15) is 5.26 Å². The van der Waals surface area contributed by atoms with Crippen molar-refractivity contribution in [3.05, 3.63) is 53.7 Å². The monoisotopic (exact) mass is 420 g/mol. The number of hydrogen-bond acceptors (Lipinski definition) is 6. The van der Waals surface area contributed by atoms with E-state index in [1.807, 2.05) is 35.2 Å². The molecule has 0 spiro atoms. The largest absolute Gasteiger partial charge is 0.497 e. The number of aliphatic hydroxyl groups excluding tert-OH is 1. The third kappa shape index (κ3) is 4.49. The average molecular weight is 421 g/mol. The van der Waals surface area contributed by atoms with Crippen LogP contribution in [0.2, 0.25) is 0 Å². The van der Waals surface area contributed by atoms with Gasteiger partial charge in [0.25, 0.3) is 0 Å². The van der Waals surface area contributed by atoms with Gasteiger partial charge < -0.3 is 19.6 Å². The number of likely N-dealkylation sites (tertiary alicyclic amines) is 1. The van der Waals surface area contributed by atoms with E-state index in [2.05, 4.69) is 16.0 Å². The Kier molecular flexibility index (Phi) is 6.38. The molecule has 2 bridgehead atoms. The maximum absolute atomic E-state index is 13.0. The predicted molar refractivity (Wildman–Crippen MR) is 117 cm³/mol. The van der Waals surface area contributed by atoms with E-state index in [-0.39, 0.29) is 30.5 Å². The van der Waals surface area contributed by atoms with Gasteiger partial charge in [0.05, 0.1) is 12.7 Å². The van der Waals surface area contributed by atoms with Crippen LogP contribution in [0.25, 0.3) is 0 Å². The molecule has 1 aromatic carbocycles. The molecule has 2 saturated heterocycles. The first-order chi connectivity index (χ1) is 15.1. The minimum atomic E-state index is -0.0834. The van der Waals surface area contributed by atoms with Crippen LogP contribution < -0.4 is 9.64 Å². The Morgan fingerprint density at radius 3 is 2.68 bits per heavy atom.